The van der Waals surface area contributed by atoms with Gasteiger partial charge in [-0.15, -0.1) is 0 Å². The summed E-state index contributed by atoms with van der Waals surface area (Å²) in [5.41, 5.74) is 6.07. The first-order chi connectivity index (χ1) is 7.65. The number of hydrogen-bond acceptors (Lipinski definition) is 4. The van der Waals surface area contributed by atoms with Gasteiger partial charge in [0.25, 0.3) is 0 Å². The van der Waals surface area contributed by atoms with Gasteiger partial charge in [0.05, 0.1) is 6.10 Å². The first-order valence-corrected chi connectivity index (χ1v) is 6.36. The molecule has 3 N–H and O–H groups in total. The molecule has 0 saturated carbocycles. The topological polar surface area (TPSA) is 50.5 Å². The van der Waals surface area contributed by atoms with Crippen molar-refractivity contribution in [1.82, 2.24) is 10.2 Å². The van der Waals surface area contributed by atoms with Crippen molar-refractivity contribution in [2.75, 3.05) is 39.8 Å². The normalized spacial score (nSPS) is 23.2. The molecule has 1 heterocycles. The molecule has 4 heteroatoms. The van der Waals surface area contributed by atoms with Gasteiger partial charge < -0.3 is 20.7 Å². The van der Waals surface area contributed by atoms with E-state index in [0.29, 0.717) is 0 Å². The Hall–Kier alpha value is -0.160. The molecule has 0 radical (unpaired) electrons. The molecule has 1 aliphatic heterocycles. The van der Waals surface area contributed by atoms with E-state index in [1.54, 1.807) is 7.11 Å². The zero-order valence-corrected chi connectivity index (χ0v) is 11.0. The average molecular weight is 229 g/mol. The summed E-state index contributed by atoms with van der Waals surface area (Å²) < 4.78 is 5.26. The van der Waals surface area contributed by atoms with Crippen LogP contribution in [0.2, 0.25) is 0 Å². The van der Waals surface area contributed by atoms with Crippen LogP contribution in [0.4, 0.5) is 0 Å². The molecule has 0 aromatic heterocycles. The minimum atomic E-state index is 0.137. The van der Waals surface area contributed by atoms with E-state index in [0.717, 1.165) is 45.6 Å². The van der Waals surface area contributed by atoms with Crippen molar-refractivity contribution in [2.24, 2.45) is 5.73 Å². The van der Waals surface area contributed by atoms with Gasteiger partial charge in [0.2, 0.25) is 0 Å². The first-order valence-electron chi connectivity index (χ1n) is 6.36. The van der Waals surface area contributed by atoms with Crippen LogP contribution in [0, 0.1) is 0 Å². The summed E-state index contributed by atoms with van der Waals surface area (Å²) in [4.78, 5) is 2.48. The lowest BCUT2D eigenvalue weighted by Gasteiger charge is -2.42. The fourth-order valence-corrected chi connectivity index (χ4v) is 2.19. The van der Waals surface area contributed by atoms with Gasteiger partial charge in [-0.2, -0.15) is 0 Å². The summed E-state index contributed by atoms with van der Waals surface area (Å²) in [7, 11) is 1.75. The number of piperidine rings is 1. The summed E-state index contributed by atoms with van der Waals surface area (Å²) >= 11 is 0. The Kier molecular flexibility index (Phi) is 5.69. The summed E-state index contributed by atoms with van der Waals surface area (Å²) in [5.74, 6) is 0. The minimum Gasteiger partial charge on any atom is -0.380 e. The van der Waals surface area contributed by atoms with Crippen molar-refractivity contribution in [3.05, 3.63) is 0 Å². The van der Waals surface area contributed by atoms with E-state index in [-0.39, 0.29) is 11.6 Å². The van der Waals surface area contributed by atoms with Crippen molar-refractivity contribution in [3.8, 4) is 0 Å². The van der Waals surface area contributed by atoms with Crippen molar-refractivity contribution >= 4 is 0 Å². The lowest BCUT2D eigenvalue weighted by atomic mass is 9.87. The molecule has 1 atom stereocenters. The van der Waals surface area contributed by atoms with Crippen LogP contribution in [-0.4, -0.2) is 56.4 Å². The van der Waals surface area contributed by atoms with Crippen molar-refractivity contribution in [1.29, 1.82) is 0 Å². The van der Waals surface area contributed by atoms with Gasteiger partial charge in [0, 0.05) is 25.7 Å². The summed E-state index contributed by atoms with van der Waals surface area (Å²) in [5, 5.41) is 3.60. The van der Waals surface area contributed by atoms with Crippen molar-refractivity contribution in [2.45, 2.75) is 38.3 Å². The number of nitrogens with zero attached hydrogens (tertiary/aromatic N) is 1. The number of methoxy groups -OCH3 is 1. The zero-order chi connectivity index (χ0) is 12.0. The SMILES string of the molecule is CCN1CCC(CN)(NCC(C)OC)CC1. The first kappa shape index (κ1) is 13.9. The van der Waals surface area contributed by atoms with E-state index in [4.69, 9.17) is 10.5 Å². The summed E-state index contributed by atoms with van der Waals surface area (Å²) in [6.07, 6.45) is 2.55. The van der Waals surface area contributed by atoms with E-state index in [9.17, 15) is 0 Å². The fraction of sp³-hybridized carbons (Fsp3) is 1.00. The standard InChI is InChI=1S/C12H27N3O/c1-4-15-7-5-12(10-13,6-8-15)14-9-11(2)16-3/h11,14H,4-10,13H2,1-3H3. The number of nitrogens with one attached hydrogen (secondary N) is 1. The lowest BCUT2D eigenvalue weighted by Crippen LogP contribution is -2.58. The molecule has 16 heavy (non-hydrogen) atoms. The molecule has 1 fully saturated rings. The molecule has 0 amide bonds. The number of likely N-dealkylation sites (tertiary alicyclic amines) is 1. The molecule has 1 aliphatic rings. The molecule has 1 saturated heterocycles. The third-order valence-corrected chi connectivity index (χ3v) is 3.82. The molecule has 0 bridgehead atoms. The maximum Gasteiger partial charge on any atom is 0.0667 e. The number of hydrogen-bond donors (Lipinski definition) is 2. The van der Waals surface area contributed by atoms with Crippen LogP contribution in [0.25, 0.3) is 0 Å². The summed E-state index contributed by atoms with van der Waals surface area (Å²) in [6, 6.07) is 0. The molecular weight excluding hydrogens is 202 g/mol. The van der Waals surface area contributed by atoms with Crippen LogP contribution in [0.3, 0.4) is 0 Å². The highest BCUT2D eigenvalue weighted by Gasteiger charge is 2.32. The van der Waals surface area contributed by atoms with Crippen LogP contribution >= 0.6 is 0 Å². The molecule has 1 rings (SSSR count). The van der Waals surface area contributed by atoms with E-state index in [1.165, 1.54) is 0 Å². The third-order valence-electron chi connectivity index (χ3n) is 3.82. The molecule has 0 aromatic carbocycles. The Balaban J connectivity index is 2.40. The van der Waals surface area contributed by atoms with Gasteiger partial charge in [-0.25, -0.2) is 0 Å². The molecular formula is C12H27N3O. The summed E-state index contributed by atoms with van der Waals surface area (Å²) in [6.45, 7) is 9.37. The Labute approximate surface area is 99.5 Å². The number of nitrogens with two attached hydrogens (primary N) is 1. The van der Waals surface area contributed by atoms with Crippen LogP contribution in [0.1, 0.15) is 26.7 Å². The predicted octanol–water partition coefficient (Wildman–Crippen LogP) is 0.424. The lowest BCUT2D eigenvalue weighted by molar-refractivity contribution is 0.0893. The van der Waals surface area contributed by atoms with Crippen molar-refractivity contribution in [3.63, 3.8) is 0 Å². The van der Waals surface area contributed by atoms with Gasteiger partial charge in [-0.05, 0) is 39.4 Å². The average Bonchev–Trinajstić information content (AvgIpc) is 2.36. The number of rotatable bonds is 6. The van der Waals surface area contributed by atoms with Crippen LogP contribution < -0.4 is 11.1 Å². The van der Waals surface area contributed by atoms with Gasteiger partial charge in [0.1, 0.15) is 0 Å². The Morgan fingerprint density at radius 1 is 1.44 bits per heavy atom. The van der Waals surface area contributed by atoms with E-state index < -0.39 is 0 Å². The van der Waals surface area contributed by atoms with Gasteiger partial charge in [-0.1, -0.05) is 6.92 Å². The van der Waals surface area contributed by atoms with E-state index >= 15 is 0 Å². The third kappa shape index (κ3) is 3.70. The maximum absolute atomic E-state index is 5.93. The predicted molar refractivity (Wildman–Crippen MR) is 67.6 cm³/mol. The van der Waals surface area contributed by atoms with Gasteiger partial charge in [-0.3, -0.25) is 0 Å². The Morgan fingerprint density at radius 2 is 2.06 bits per heavy atom. The molecule has 4 nitrogen and oxygen atoms in total. The zero-order valence-electron chi connectivity index (χ0n) is 11.0. The largest absolute Gasteiger partial charge is 0.380 e. The second kappa shape index (κ2) is 6.55. The molecule has 0 aromatic rings. The van der Waals surface area contributed by atoms with E-state index in [2.05, 4.69) is 24.1 Å². The second-order valence-electron chi connectivity index (χ2n) is 4.85. The minimum absolute atomic E-state index is 0.137. The van der Waals surface area contributed by atoms with Crippen molar-refractivity contribution < 1.29 is 4.74 Å². The fourth-order valence-electron chi connectivity index (χ4n) is 2.19. The molecule has 0 spiro atoms. The molecule has 96 valence electrons. The second-order valence-corrected chi connectivity index (χ2v) is 4.85. The maximum atomic E-state index is 5.93. The van der Waals surface area contributed by atoms with Crippen LogP contribution in [0.15, 0.2) is 0 Å². The van der Waals surface area contributed by atoms with E-state index in [1.807, 2.05) is 0 Å². The quantitative estimate of drug-likeness (QED) is 0.693. The van der Waals surface area contributed by atoms with Crippen LogP contribution in [0.5, 0.6) is 0 Å². The van der Waals surface area contributed by atoms with Gasteiger partial charge >= 0.3 is 0 Å². The molecule has 1 unspecified atom stereocenters. The highest BCUT2D eigenvalue weighted by Crippen LogP contribution is 2.21. The highest BCUT2D eigenvalue weighted by molar-refractivity contribution is 4.94. The molecule has 0 aliphatic carbocycles. The smallest absolute Gasteiger partial charge is 0.0667 e. The Bertz CT molecular complexity index is 191. The van der Waals surface area contributed by atoms with Crippen LogP contribution in [-0.2, 0) is 4.74 Å². The monoisotopic (exact) mass is 229 g/mol. The Morgan fingerprint density at radius 3 is 2.50 bits per heavy atom. The van der Waals surface area contributed by atoms with Gasteiger partial charge in [0.15, 0.2) is 0 Å². The highest BCUT2D eigenvalue weighted by atomic mass is 16.5. The number of ether oxygens (including phenoxy) is 1.